The number of fused-ring (bicyclic) bond motifs is 5. The summed E-state index contributed by atoms with van der Waals surface area (Å²) in [7, 11) is 0. The van der Waals surface area contributed by atoms with E-state index in [2.05, 4.69) is 51.0 Å². The second kappa shape index (κ2) is 12.0. The number of ether oxygens (including phenoxy) is 1. The summed E-state index contributed by atoms with van der Waals surface area (Å²) in [5.74, 6) is 5.16. The van der Waals surface area contributed by atoms with E-state index in [9.17, 15) is 4.79 Å². The van der Waals surface area contributed by atoms with Crippen LogP contribution in [0.25, 0.3) is 0 Å². The van der Waals surface area contributed by atoms with Gasteiger partial charge in [0.2, 0.25) is 0 Å². The first-order valence-corrected chi connectivity index (χ1v) is 16.3. The van der Waals surface area contributed by atoms with Crippen LogP contribution in [0.5, 0.6) is 0 Å². The maximum Gasteiger partial charge on any atom is 0.407 e. The highest BCUT2D eigenvalue weighted by Gasteiger charge is 2.59. The van der Waals surface area contributed by atoms with Crippen LogP contribution in [0.1, 0.15) is 112 Å². The third kappa shape index (κ3) is 5.98. The lowest BCUT2D eigenvalue weighted by molar-refractivity contribution is -0.0581. The zero-order valence-electron chi connectivity index (χ0n) is 25.5. The summed E-state index contributed by atoms with van der Waals surface area (Å²) in [6.45, 7) is 14.0. The quantitative estimate of drug-likeness (QED) is 0.241. The van der Waals surface area contributed by atoms with Gasteiger partial charge in [-0.2, -0.15) is 0 Å². The summed E-state index contributed by atoms with van der Waals surface area (Å²) >= 11 is 0. The summed E-state index contributed by atoms with van der Waals surface area (Å²) in [5, 5.41) is 2.97. The molecular weight excluding hydrogens is 482 g/mol. The molecule has 8 atom stereocenters. The van der Waals surface area contributed by atoms with Gasteiger partial charge in [-0.25, -0.2) is 9.78 Å². The van der Waals surface area contributed by atoms with E-state index in [0.717, 1.165) is 67.7 Å². The van der Waals surface area contributed by atoms with Crippen molar-refractivity contribution in [2.24, 2.45) is 46.3 Å². The lowest BCUT2D eigenvalue weighted by Crippen LogP contribution is -2.51. The van der Waals surface area contributed by atoms with Crippen molar-refractivity contribution in [3.63, 3.8) is 0 Å². The normalized spacial score (nSPS) is 36.5. The third-order valence-electron chi connectivity index (χ3n) is 12.0. The highest BCUT2D eigenvalue weighted by molar-refractivity contribution is 5.67. The summed E-state index contributed by atoms with van der Waals surface area (Å²) < 4.78 is 7.95. The van der Waals surface area contributed by atoms with Crippen molar-refractivity contribution in [2.75, 3.05) is 6.54 Å². The number of allylic oxidation sites excluding steroid dienone is 1. The molecule has 1 amide bonds. The van der Waals surface area contributed by atoms with Crippen LogP contribution in [-0.2, 0) is 11.3 Å². The predicted molar refractivity (Wildman–Crippen MR) is 158 cm³/mol. The summed E-state index contributed by atoms with van der Waals surface area (Å²) in [5.41, 5.74) is 2.43. The number of nitrogens with one attached hydrogen (secondary N) is 1. The Morgan fingerprint density at radius 3 is 2.72 bits per heavy atom. The van der Waals surface area contributed by atoms with Gasteiger partial charge in [-0.3, -0.25) is 0 Å². The summed E-state index contributed by atoms with van der Waals surface area (Å²) in [4.78, 5) is 16.6. The minimum absolute atomic E-state index is 0.0194. The fraction of sp³-hybridized carbons (Fsp3) is 0.824. The lowest BCUT2D eigenvalue weighted by Gasteiger charge is -2.58. The van der Waals surface area contributed by atoms with Crippen molar-refractivity contribution < 1.29 is 9.53 Å². The van der Waals surface area contributed by atoms with Crippen molar-refractivity contribution in [1.82, 2.24) is 14.9 Å². The number of aryl methyl sites for hydroxylation is 1. The highest BCUT2D eigenvalue weighted by atomic mass is 16.6. The molecule has 0 radical (unpaired) electrons. The number of aromatic nitrogens is 2. The number of alkyl carbamates (subject to hydrolysis) is 1. The van der Waals surface area contributed by atoms with E-state index in [-0.39, 0.29) is 12.2 Å². The van der Waals surface area contributed by atoms with Gasteiger partial charge in [-0.05, 0) is 97.7 Å². The first kappa shape index (κ1) is 28.7. The molecule has 39 heavy (non-hydrogen) atoms. The first-order valence-electron chi connectivity index (χ1n) is 16.3. The van der Waals surface area contributed by atoms with E-state index in [1.807, 2.05) is 17.1 Å². The van der Waals surface area contributed by atoms with Crippen LogP contribution in [0.2, 0.25) is 0 Å². The van der Waals surface area contributed by atoms with Gasteiger partial charge in [0.05, 0.1) is 6.33 Å². The smallest absolute Gasteiger partial charge is 0.407 e. The number of rotatable bonds is 10. The first-order chi connectivity index (χ1) is 18.7. The molecule has 3 fully saturated rings. The Morgan fingerprint density at radius 1 is 1.10 bits per heavy atom. The van der Waals surface area contributed by atoms with Crippen molar-refractivity contribution in [3.05, 3.63) is 30.4 Å². The van der Waals surface area contributed by atoms with Crippen molar-refractivity contribution in [2.45, 2.75) is 124 Å². The van der Waals surface area contributed by atoms with Gasteiger partial charge in [-0.1, -0.05) is 65.5 Å². The van der Waals surface area contributed by atoms with Crippen LogP contribution in [0.4, 0.5) is 4.79 Å². The second-order valence-corrected chi connectivity index (χ2v) is 14.6. The van der Waals surface area contributed by atoms with E-state index >= 15 is 0 Å². The van der Waals surface area contributed by atoms with Crippen LogP contribution < -0.4 is 5.32 Å². The molecule has 5 nitrogen and oxygen atoms in total. The van der Waals surface area contributed by atoms with Gasteiger partial charge in [-0.15, -0.1) is 0 Å². The maximum atomic E-state index is 12.5. The molecular formula is C34H55N3O2. The number of nitrogens with zero attached hydrogens (tertiary/aromatic N) is 2. The molecule has 1 heterocycles. The molecule has 0 aromatic carbocycles. The van der Waals surface area contributed by atoms with Crippen LogP contribution in [0.3, 0.4) is 0 Å². The number of imidazole rings is 1. The Bertz CT molecular complexity index is 987. The Balaban J connectivity index is 1.15. The molecule has 4 aliphatic rings. The molecule has 3 saturated carbocycles. The largest absolute Gasteiger partial charge is 0.446 e. The number of carbonyl (C=O) groups excluding carboxylic acids is 1. The molecule has 0 bridgehead atoms. The van der Waals surface area contributed by atoms with Crippen molar-refractivity contribution in [3.8, 4) is 0 Å². The molecule has 5 heteroatoms. The van der Waals surface area contributed by atoms with Gasteiger partial charge in [0, 0.05) is 31.9 Å². The van der Waals surface area contributed by atoms with E-state index in [0.29, 0.717) is 17.4 Å². The number of carbonyl (C=O) groups is 1. The summed E-state index contributed by atoms with van der Waals surface area (Å²) in [6.07, 6.45) is 23.0. The van der Waals surface area contributed by atoms with Gasteiger partial charge >= 0.3 is 6.09 Å². The molecule has 5 rings (SSSR count). The predicted octanol–water partition coefficient (Wildman–Crippen LogP) is 8.41. The van der Waals surface area contributed by atoms with E-state index < -0.39 is 0 Å². The second-order valence-electron chi connectivity index (χ2n) is 14.6. The maximum absolute atomic E-state index is 12.5. The number of amides is 1. The van der Waals surface area contributed by atoms with Crippen LogP contribution in [0.15, 0.2) is 30.4 Å². The Morgan fingerprint density at radius 2 is 1.95 bits per heavy atom. The zero-order valence-corrected chi connectivity index (χ0v) is 25.5. The topological polar surface area (TPSA) is 56.1 Å². The fourth-order valence-electron chi connectivity index (χ4n) is 9.82. The standard InChI is InChI=1S/C34H55N3O2/c1-24(2)8-6-9-25(3)29-12-13-30-28-11-10-26-22-27(14-16-33(26,4)31(28)15-17-34(29,30)5)39-32(38)36-18-7-20-37-21-19-35-23-37/h10,19,21,23-25,27-31H,6-9,11-18,20,22H2,1-5H3,(H,36,38)/t25-,27?,28+,29-,30+,31+,33+,34-/m1/s1. The average molecular weight is 538 g/mol. The van der Waals surface area contributed by atoms with Gasteiger partial charge < -0.3 is 14.6 Å². The van der Waals surface area contributed by atoms with Crippen LogP contribution in [0, 0.1) is 46.3 Å². The Kier molecular flexibility index (Phi) is 8.83. The fourth-order valence-corrected chi connectivity index (χ4v) is 9.82. The highest BCUT2D eigenvalue weighted by Crippen LogP contribution is 2.67. The van der Waals surface area contributed by atoms with Crippen molar-refractivity contribution >= 4 is 6.09 Å². The zero-order chi connectivity index (χ0) is 27.6. The summed E-state index contributed by atoms with van der Waals surface area (Å²) in [6, 6.07) is 0. The van der Waals surface area contributed by atoms with Crippen LogP contribution >= 0.6 is 0 Å². The molecule has 0 spiro atoms. The molecule has 0 aliphatic heterocycles. The molecule has 1 aromatic rings. The molecule has 1 aromatic heterocycles. The van der Waals surface area contributed by atoms with E-state index in [1.54, 1.807) is 11.8 Å². The molecule has 218 valence electrons. The molecule has 0 saturated heterocycles. The third-order valence-corrected chi connectivity index (χ3v) is 12.0. The van der Waals surface area contributed by atoms with Crippen LogP contribution in [-0.4, -0.2) is 28.3 Å². The van der Waals surface area contributed by atoms with E-state index in [4.69, 9.17) is 4.74 Å². The Labute approximate surface area is 237 Å². The SMILES string of the molecule is CC(C)CCC[C@@H](C)[C@H]1CC[C@H]2[C@@H]3CC=C4CC(OC(=O)NCCCn5ccnc5)CC[C@]4(C)[C@H]3CC[C@]12C. The monoisotopic (exact) mass is 537 g/mol. The number of hydrogen-bond donors (Lipinski definition) is 1. The van der Waals surface area contributed by atoms with Gasteiger partial charge in [0.25, 0.3) is 0 Å². The molecule has 4 aliphatic carbocycles. The van der Waals surface area contributed by atoms with Crippen molar-refractivity contribution in [1.29, 1.82) is 0 Å². The average Bonchev–Trinajstić information content (AvgIpc) is 3.54. The van der Waals surface area contributed by atoms with Gasteiger partial charge in [0.1, 0.15) is 6.10 Å². The number of hydrogen-bond acceptors (Lipinski definition) is 3. The lowest BCUT2D eigenvalue weighted by atomic mass is 9.47. The minimum atomic E-state index is -0.253. The minimum Gasteiger partial charge on any atom is -0.446 e. The Hall–Kier alpha value is -1.78. The molecule has 1 N–H and O–H groups in total. The van der Waals surface area contributed by atoms with Gasteiger partial charge in [0.15, 0.2) is 0 Å². The van der Waals surface area contributed by atoms with E-state index in [1.165, 1.54) is 51.4 Å². The molecule has 1 unspecified atom stereocenters.